The molecule has 1 aromatic carbocycles. The van der Waals surface area contributed by atoms with Crippen LogP contribution in [0, 0.1) is 5.82 Å². The number of ether oxygens (including phenoxy) is 1. The van der Waals surface area contributed by atoms with Crippen LogP contribution in [0.5, 0.6) is 6.01 Å². The molecule has 88 valence electrons. The minimum atomic E-state index is -0.338. The minimum absolute atomic E-state index is 0.0377. The van der Waals surface area contributed by atoms with Crippen LogP contribution in [0.25, 0.3) is 0 Å². The number of hydrogen-bond acceptors (Lipinski definition) is 6. The van der Waals surface area contributed by atoms with Crippen LogP contribution in [0.3, 0.4) is 0 Å². The Morgan fingerprint density at radius 1 is 1.24 bits per heavy atom. The van der Waals surface area contributed by atoms with Crippen molar-refractivity contribution in [3.63, 3.8) is 0 Å². The van der Waals surface area contributed by atoms with Crippen LogP contribution in [-0.2, 0) is 0 Å². The third kappa shape index (κ3) is 2.82. The summed E-state index contributed by atoms with van der Waals surface area (Å²) >= 11 is 1.06. The summed E-state index contributed by atoms with van der Waals surface area (Å²) in [5.74, 6) is -0.300. The van der Waals surface area contributed by atoms with Crippen molar-refractivity contribution >= 4 is 17.7 Å². The lowest BCUT2D eigenvalue weighted by Gasteiger charge is -2.03. The van der Waals surface area contributed by atoms with Gasteiger partial charge in [0.1, 0.15) is 5.82 Å². The maximum Gasteiger partial charge on any atom is 0.321 e. The van der Waals surface area contributed by atoms with Gasteiger partial charge in [-0.15, -0.1) is 0 Å². The first-order valence-corrected chi connectivity index (χ1v) is 5.48. The molecular weight excluding hydrogens is 243 g/mol. The maximum atomic E-state index is 13.4. The van der Waals surface area contributed by atoms with Crippen LogP contribution in [0.1, 0.15) is 0 Å². The predicted molar refractivity (Wildman–Crippen MR) is 61.3 cm³/mol. The summed E-state index contributed by atoms with van der Waals surface area (Å²) in [6.45, 7) is 0. The highest BCUT2D eigenvalue weighted by atomic mass is 32.2. The van der Waals surface area contributed by atoms with Gasteiger partial charge in [-0.05, 0) is 23.9 Å². The van der Waals surface area contributed by atoms with E-state index in [1.807, 2.05) is 0 Å². The highest BCUT2D eigenvalue weighted by Crippen LogP contribution is 2.27. The van der Waals surface area contributed by atoms with Gasteiger partial charge >= 0.3 is 6.01 Å². The summed E-state index contributed by atoms with van der Waals surface area (Å²) in [6.07, 6.45) is 0. The van der Waals surface area contributed by atoms with Crippen molar-refractivity contribution in [3.8, 4) is 6.01 Å². The van der Waals surface area contributed by atoms with E-state index >= 15 is 0 Å². The van der Waals surface area contributed by atoms with E-state index < -0.39 is 0 Å². The molecule has 2 rings (SSSR count). The van der Waals surface area contributed by atoms with E-state index in [2.05, 4.69) is 15.0 Å². The zero-order valence-electron chi connectivity index (χ0n) is 8.92. The average Bonchev–Trinajstić information content (AvgIpc) is 2.31. The molecule has 0 bridgehead atoms. The molecule has 0 atom stereocenters. The molecule has 0 unspecified atom stereocenters. The molecule has 17 heavy (non-hydrogen) atoms. The number of anilines is 1. The van der Waals surface area contributed by atoms with Gasteiger partial charge in [0.15, 0.2) is 0 Å². The molecule has 2 N–H and O–H groups in total. The van der Waals surface area contributed by atoms with E-state index in [0.29, 0.717) is 10.1 Å². The Labute approximate surface area is 101 Å². The van der Waals surface area contributed by atoms with E-state index in [1.54, 1.807) is 18.2 Å². The smallest absolute Gasteiger partial charge is 0.321 e. The number of halogens is 1. The second kappa shape index (κ2) is 4.96. The van der Waals surface area contributed by atoms with E-state index in [1.165, 1.54) is 13.2 Å². The Hall–Kier alpha value is -1.89. The average molecular weight is 252 g/mol. The molecule has 5 nitrogen and oxygen atoms in total. The molecule has 7 heteroatoms. The number of hydrogen-bond donors (Lipinski definition) is 1. The number of aromatic nitrogens is 3. The van der Waals surface area contributed by atoms with Gasteiger partial charge in [0, 0.05) is 0 Å². The zero-order chi connectivity index (χ0) is 12.3. The minimum Gasteiger partial charge on any atom is -0.467 e. The molecule has 0 radical (unpaired) electrons. The lowest BCUT2D eigenvalue weighted by atomic mass is 10.4. The van der Waals surface area contributed by atoms with Crippen LogP contribution in [0.4, 0.5) is 10.3 Å². The summed E-state index contributed by atoms with van der Waals surface area (Å²) < 4.78 is 18.3. The second-order valence-corrected chi connectivity index (χ2v) is 4.00. The summed E-state index contributed by atoms with van der Waals surface area (Å²) in [5.41, 5.74) is 5.48. The van der Waals surface area contributed by atoms with Gasteiger partial charge in [-0.25, -0.2) is 4.39 Å². The first-order valence-electron chi connectivity index (χ1n) is 4.67. The highest BCUT2D eigenvalue weighted by molar-refractivity contribution is 7.99. The molecule has 1 heterocycles. The fourth-order valence-corrected chi connectivity index (χ4v) is 1.89. The van der Waals surface area contributed by atoms with Gasteiger partial charge < -0.3 is 10.5 Å². The van der Waals surface area contributed by atoms with Crippen LogP contribution < -0.4 is 10.5 Å². The lowest BCUT2D eigenvalue weighted by molar-refractivity contribution is 0.374. The second-order valence-electron chi connectivity index (χ2n) is 3.00. The Balaban J connectivity index is 2.30. The number of benzene rings is 1. The van der Waals surface area contributed by atoms with Crippen molar-refractivity contribution < 1.29 is 9.13 Å². The Morgan fingerprint density at radius 2 is 2.00 bits per heavy atom. The molecule has 0 fully saturated rings. The van der Waals surface area contributed by atoms with E-state index in [9.17, 15) is 4.39 Å². The summed E-state index contributed by atoms with van der Waals surface area (Å²) in [5, 5.41) is 0.291. The SMILES string of the molecule is COc1nc(N)nc(Sc2ccccc2F)n1. The van der Waals surface area contributed by atoms with Crippen molar-refractivity contribution in [1.29, 1.82) is 0 Å². The lowest BCUT2D eigenvalue weighted by Crippen LogP contribution is -2.02. The van der Waals surface area contributed by atoms with Gasteiger partial charge in [-0.1, -0.05) is 12.1 Å². The highest BCUT2D eigenvalue weighted by Gasteiger charge is 2.09. The molecule has 2 aromatic rings. The van der Waals surface area contributed by atoms with Crippen LogP contribution in [0.15, 0.2) is 34.3 Å². The Morgan fingerprint density at radius 3 is 2.71 bits per heavy atom. The molecule has 1 aromatic heterocycles. The fraction of sp³-hybridized carbons (Fsp3) is 0.100. The van der Waals surface area contributed by atoms with E-state index in [4.69, 9.17) is 10.5 Å². The maximum absolute atomic E-state index is 13.4. The van der Waals surface area contributed by atoms with Gasteiger partial charge in [-0.3, -0.25) is 0 Å². The number of nitrogens with two attached hydrogens (primary N) is 1. The monoisotopic (exact) mass is 252 g/mol. The van der Waals surface area contributed by atoms with Crippen LogP contribution in [-0.4, -0.2) is 22.1 Å². The third-order valence-corrected chi connectivity index (χ3v) is 2.75. The number of rotatable bonds is 3. The fourth-order valence-electron chi connectivity index (χ4n) is 1.12. The standard InChI is InChI=1S/C10H9FN4OS/c1-16-9-13-8(12)14-10(15-9)17-7-5-3-2-4-6(7)11/h2-5H,1H3,(H2,12,13,14,15). The first kappa shape index (κ1) is 11.6. The molecule has 0 aliphatic heterocycles. The van der Waals surface area contributed by atoms with Gasteiger partial charge in [0.2, 0.25) is 11.1 Å². The topological polar surface area (TPSA) is 73.9 Å². The van der Waals surface area contributed by atoms with Gasteiger partial charge in [0.05, 0.1) is 12.0 Å². The molecule has 0 amide bonds. The molecule has 0 spiro atoms. The summed E-state index contributed by atoms with van der Waals surface area (Å²) in [7, 11) is 1.42. The molecule has 0 saturated carbocycles. The van der Waals surface area contributed by atoms with Crippen molar-refractivity contribution in [3.05, 3.63) is 30.1 Å². The number of nitrogen functional groups attached to an aromatic ring is 1. The molecular formula is C10H9FN4OS. The van der Waals surface area contributed by atoms with E-state index in [-0.39, 0.29) is 17.8 Å². The normalized spacial score (nSPS) is 10.2. The van der Waals surface area contributed by atoms with Crippen molar-refractivity contribution in [1.82, 2.24) is 15.0 Å². The van der Waals surface area contributed by atoms with Crippen LogP contribution in [0.2, 0.25) is 0 Å². The first-order chi connectivity index (χ1) is 8.19. The number of methoxy groups -OCH3 is 1. The Bertz CT molecular complexity index is 537. The molecule has 0 aliphatic carbocycles. The molecule has 0 aliphatic rings. The number of nitrogens with zero attached hydrogens (tertiary/aromatic N) is 3. The molecule has 0 saturated heterocycles. The van der Waals surface area contributed by atoms with Crippen molar-refractivity contribution in [2.75, 3.05) is 12.8 Å². The van der Waals surface area contributed by atoms with Crippen molar-refractivity contribution in [2.24, 2.45) is 0 Å². The summed E-state index contributed by atoms with van der Waals surface area (Å²) in [4.78, 5) is 12.0. The summed E-state index contributed by atoms with van der Waals surface area (Å²) in [6, 6.07) is 6.45. The predicted octanol–water partition coefficient (Wildman–Crippen LogP) is 1.75. The zero-order valence-corrected chi connectivity index (χ0v) is 9.74. The Kier molecular flexibility index (Phi) is 3.38. The largest absolute Gasteiger partial charge is 0.467 e. The van der Waals surface area contributed by atoms with Crippen molar-refractivity contribution in [2.45, 2.75) is 10.1 Å². The van der Waals surface area contributed by atoms with Gasteiger partial charge in [-0.2, -0.15) is 15.0 Å². The van der Waals surface area contributed by atoms with E-state index in [0.717, 1.165) is 11.8 Å². The van der Waals surface area contributed by atoms with Crippen LogP contribution >= 0.6 is 11.8 Å². The third-order valence-electron chi connectivity index (χ3n) is 1.83. The van der Waals surface area contributed by atoms with Gasteiger partial charge in [0.25, 0.3) is 0 Å². The quantitative estimate of drug-likeness (QED) is 0.897.